The fraction of sp³-hybridized carbons (Fsp3) is 0.250. The molecule has 16 heavy (non-hydrogen) atoms. The first kappa shape index (κ1) is 14.6. The molecule has 8 heteroatoms. The molecule has 0 saturated heterocycles. The van der Waals surface area contributed by atoms with Crippen LogP contribution in [0.2, 0.25) is 0 Å². The largest absolute Gasteiger partial charge is 0.399 e. The van der Waals surface area contributed by atoms with Gasteiger partial charge in [-0.2, -0.15) is 8.42 Å². The van der Waals surface area contributed by atoms with Crippen LogP contribution < -0.4 is 11.5 Å². The lowest BCUT2D eigenvalue weighted by Crippen LogP contribution is -1.98. The zero-order valence-corrected chi connectivity index (χ0v) is 9.18. The average molecular weight is 250 g/mol. The highest BCUT2D eigenvalue weighted by Crippen LogP contribution is 2.15. The highest BCUT2D eigenvalue weighted by Gasteiger charge is 1.97. The topological polar surface area (TPSA) is 147 Å². The van der Waals surface area contributed by atoms with E-state index in [0.29, 0.717) is 17.8 Å². The van der Waals surface area contributed by atoms with Gasteiger partial charge in [0.2, 0.25) is 0 Å². The molecule has 0 radical (unpaired) electrons. The molecule has 0 unspecified atom stereocenters. The summed E-state index contributed by atoms with van der Waals surface area (Å²) in [6, 6.07) is 5.31. The van der Waals surface area contributed by atoms with Gasteiger partial charge in [0.05, 0.1) is 0 Å². The van der Waals surface area contributed by atoms with Gasteiger partial charge < -0.3 is 16.6 Å². The molecule has 1 aromatic rings. The second-order valence-electron chi connectivity index (χ2n) is 2.88. The van der Waals surface area contributed by atoms with E-state index in [2.05, 4.69) is 0 Å². The third kappa shape index (κ3) is 8.00. The van der Waals surface area contributed by atoms with E-state index in [1.807, 2.05) is 6.07 Å². The van der Waals surface area contributed by atoms with E-state index in [-0.39, 0.29) is 6.61 Å². The molecule has 0 aliphatic carbocycles. The molecule has 0 heterocycles. The fourth-order valence-corrected chi connectivity index (χ4v) is 0.962. The van der Waals surface area contributed by atoms with Crippen LogP contribution in [0.1, 0.15) is 5.56 Å². The fourth-order valence-electron chi connectivity index (χ4n) is 0.962. The quantitative estimate of drug-likeness (QED) is 0.358. The summed E-state index contributed by atoms with van der Waals surface area (Å²) in [6.07, 6.45) is 0.589. The van der Waals surface area contributed by atoms with Crippen LogP contribution in [0.4, 0.5) is 11.4 Å². The summed E-state index contributed by atoms with van der Waals surface area (Å²) in [7, 11) is -4.67. The minimum Gasteiger partial charge on any atom is -0.399 e. The Bertz CT molecular complexity index is 424. The minimum absolute atomic E-state index is 0.119. The molecule has 1 rings (SSSR count). The zero-order valence-electron chi connectivity index (χ0n) is 8.37. The summed E-state index contributed by atoms with van der Waals surface area (Å²) in [4.78, 5) is 0. The maximum atomic E-state index is 8.74. The second-order valence-corrected chi connectivity index (χ2v) is 3.78. The van der Waals surface area contributed by atoms with Gasteiger partial charge in [-0.1, -0.05) is 6.07 Å². The van der Waals surface area contributed by atoms with Crippen LogP contribution in [-0.4, -0.2) is 29.2 Å². The molecule has 0 bridgehead atoms. The number of nitrogen functional groups attached to an aromatic ring is 2. The highest BCUT2D eigenvalue weighted by molar-refractivity contribution is 7.79. The van der Waals surface area contributed by atoms with Gasteiger partial charge in [-0.05, 0) is 24.1 Å². The SMILES string of the molecule is Nc1ccc(CCO)c(N)c1.O=S(=O)(O)O. The van der Waals surface area contributed by atoms with E-state index in [0.717, 1.165) is 5.56 Å². The smallest absolute Gasteiger partial charge is 0.394 e. The number of nitrogens with two attached hydrogens (primary N) is 2. The summed E-state index contributed by atoms with van der Waals surface area (Å²) in [5.74, 6) is 0. The molecule has 0 aromatic heterocycles. The molecule has 0 amide bonds. The van der Waals surface area contributed by atoms with Gasteiger partial charge in [0.25, 0.3) is 0 Å². The van der Waals surface area contributed by atoms with Crippen molar-refractivity contribution in [1.29, 1.82) is 0 Å². The number of hydrogen-bond donors (Lipinski definition) is 5. The predicted octanol–water partition coefficient (Wildman–Crippen LogP) is -0.267. The Labute approximate surface area is 93.3 Å². The number of anilines is 2. The normalized spacial score (nSPS) is 10.4. The first-order valence-electron chi connectivity index (χ1n) is 4.18. The number of benzene rings is 1. The van der Waals surface area contributed by atoms with Crippen molar-refractivity contribution in [3.63, 3.8) is 0 Å². The Kier molecular flexibility index (Phi) is 5.75. The maximum Gasteiger partial charge on any atom is 0.394 e. The minimum atomic E-state index is -4.67. The lowest BCUT2D eigenvalue weighted by molar-refractivity contribution is 0.300. The monoisotopic (exact) mass is 250 g/mol. The Hall–Kier alpha value is -1.35. The molecule has 1 aromatic carbocycles. The highest BCUT2D eigenvalue weighted by atomic mass is 32.3. The van der Waals surface area contributed by atoms with Gasteiger partial charge in [0, 0.05) is 18.0 Å². The zero-order chi connectivity index (χ0) is 12.8. The summed E-state index contributed by atoms with van der Waals surface area (Å²) < 4.78 is 31.6. The average Bonchev–Trinajstić information content (AvgIpc) is 2.07. The summed E-state index contributed by atoms with van der Waals surface area (Å²) in [6.45, 7) is 0.119. The van der Waals surface area contributed by atoms with E-state index in [1.165, 1.54) is 0 Å². The molecule has 7 N–H and O–H groups in total. The number of rotatable bonds is 2. The van der Waals surface area contributed by atoms with E-state index < -0.39 is 10.4 Å². The van der Waals surface area contributed by atoms with Crippen LogP contribution in [-0.2, 0) is 16.8 Å². The molecule has 0 atom stereocenters. The summed E-state index contributed by atoms with van der Waals surface area (Å²) in [5.41, 5.74) is 13.4. The molecule has 0 aliphatic rings. The van der Waals surface area contributed by atoms with Crippen LogP contribution in [0.15, 0.2) is 18.2 Å². The van der Waals surface area contributed by atoms with Crippen molar-refractivity contribution in [3.8, 4) is 0 Å². The van der Waals surface area contributed by atoms with Crippen LogP contribution in [0, 0.1) is 0 Å². The lowest BCUT2D eigenvalue weighted by atomic mass is 10.1. The molecule has 0 aliphatic heterocycles. The second kappa shape index (κ2) is 6.28. The van der Waals surface area contributed by atoms with Crippen LogP contribution in [0.5, 0.6) is 0 Å². The van der Waals surface area contributed by atoms with Crippen LogP contribution >= 0.6 is 0 Å². The number of aliphatic hydroxyl groups excluding tert-OH is 1. The van der Waals surface area contributed by atoms with Crippen molar-refractivity contribution in [2.24, 2.45) is 0 Å². The third-order valence-corrected chi connectivity index (χ3v) is 1.55. The number of aliphatic hydroxyl groups is 1. The molecular formula is C8H14N2O5S. The Balaban J connectivity index is 0.000000385. The van der Waals surface area contributed by atoms with Crippen molar-refractivity contribution in [3.05, 3.63) is 23.8 Å². The molecule has 7 nitrogen and oxygen atoms in total. The van der Waals surface area contributed by atoms with Crippen molar-refractivity contribution >= 4 is 21.8 Å². The van der Waals surface area contributed by atoms with Crippen LogP contribution in [0.25, 0.3) is 0 Å². The van der Waals surface area contributed by atoms with Gasteiger partial charge in [0.1, 0.15) is 0 Å². The number of hydrogen-bond acceptors (Lipinski definition) is 5. The Morgan fingerprint density at radius 1 is 1.19 bits per heavy atom. The van der Waals surface area contributed by atoms with Crippen molar-refractivity contribution in [2.75, 3.05) is 18.1 Å². The molecule has 0 fully saturated rings. The molecule has 92 valence electrons. The molecular weight excluding hydrogens is 236 g/mol. The van der Waals surface area contributed by atoms with E-state index in [4.69, 9.17) is 34.1 Å². The molecule has 0 saturated carbocycles. The van der Waals surface area contributed by atoms with Crippen molar-refractivity contribution in [1.82, 2.24) is 0 Å². The van der Waals surface area contributed by atoms with Gasteiger partial charge in [-0.15, -0.1) is 0 Å². The summed E-state index contributed by atoms with van der Waals surface area (Å²) in [5, 5.41) is 8.63. The van der Waals surface area contributed by atoms with Crippen molar-refractivity contribution < 1.29 is 22.6 Å². The van der Waals surface area contributed by atoms with Gasteiger partial charge in [-0.25, -0.2) is 0 Å². The van der Waals surface area contributed by atoms with E-state index in [9.17, 15) is 0 Å². The standard InChI is InChI=1S/C8H12N2O.H2O4S/c9-7-2-1-6(3-4-11)8(10)5-7;1-5(2,3)4/h1-2,5,11H,3-4,9-10H2;(H2,1,2,3,4). The third-order valence-electron chi connectivity index (χ3n) is 1.55. The first-order chi connectivity index (χ1) is 7.24. The predicted molar refractivity (Wildman–Crippen MR) is 60.2 cm³/mol. The summed E-state index contributed by atoms with van der Waals surface area (Å²) >= 11 is 0. The Morgan fingerprint density at radius 2 is 1.69 bits per heavy atom. The first-order valence-corrected chi connectivity index (χ1v) is 5.58. The maximum absolute atomic E-state index is 8.74. The molecule has 0 spiro atoms. The van der Waals surface area contributed by atoms with Gasteiger partial charge in [0.15, 0.2) is 0 Å². The Morgan fingerprint density at radius 3 is 2.06 bits per heavy atom. The lowest BCUT2D eigenvalue weighted by Gasteiger charge is -2.03. The van der Waals surface area contributed by atoms with E-state index >= 15 is 0 Å². The van der Waals surface area contributed by atoms with Gasteiger partial charge in [-0.3, -0.25) is 9.11 Å². The van der Waals surface area contributed by atoms with Gasteiger partial charge >= 0.3 is 10.4 Å². The van der Waals surface area contributed by atoms with Crippen LogP contribution in [0.3, 0.4) is 0 Å². The van der Waals surface area contributed by atoms with E-state index in [1.54, 1.807) is 12.1 Å². The van der Waals surface area contributed by atoms with Crippen molar-refractivity contribution in [2.45, 2.75) is 6.42 Å².